The van der Waals surface area contributed by atoms with Crippen LogP contribution < -0.4 is 10.6 Å². The van der Waals surface area contributed by atoms with E-state index in [9.17, 15) is 4.79 Å². The molecule has 2 aromatic rings. The van der Waals surface area contributed by atoms with Gasteiger partial charge in [0.25, 0.3) is 0 Å². The van der Waals surface area contributed by atoms with E-state index in [0.717, 1.165) is 73.0 Å². The van der Waals surface area contributed by atoms with Gasteiger partial charge in [0.05, 0.1) is 17.1 Å². The van der Waals surface area contributed by atoms with Gasteiger partial charge in [-0.3, -0.25) is 5.10 Å². The molecule has 1 amide bonds. The lowest BCUT2D eigenvalue weighted by atomic mass is 9.50. The molecule has 8 heteroatoms. The molecule has 8 nitrogen and oxygen atoms in total. The molecule has 4 fully saturated rings. The van der Waals surface area contributed by atoms with E-state index < -0.39 is 0 Å². The van der Waals surface area contributed by atoms with Crippen molar-refractivity contribution in [1.29, 1.82) is 0 Å². The second-order valence-corrected chi connectivity index (χ2v) is 8.74. The topological polar surface area (TPSA) is 105 Å². The fraction of sp³-hybridized carbons (Fsp3) is 0.600. The summed E-state index contributed by atoms with van der Waals surface area (Å²) in [6.45, 7) is 3.83. The molecule has 4 saturated carbocycles. The van der Waals surface area contributed by atoms with Crippen LogP contribution >= 0.6 is 0 Å². The molecule has 2 bridgehead atoms. The summed E-state index contributed by atoms with van der Waals surface area (Å²) >= 11 is 0. The largest absolute Gasteiger partial charge is 0.446 e. The van der Waals surface area contributed by atoms with Crippen molar-refractivity contribution in [1.82, 2.24) is 25.7 Å². The number of alkyl carbamates (subject to hydrolysis) is 1. The molecule has 0 radical (unpaired) electrons. The summed E-state index contributed by atoms with van der Waals surface area (Å²) in [5.74, 6) is 1.93. The van der Waals surface area contributed by atoms with E-state index in [2.05, 4.69) is 31.0 Å². The fourth-order valence-electron chi connectivity index (χ4n) is 4.78. The van der Waals surface area contributed by atoms with Crippen LogP contribution in [0, 0.1) is 19.8 Å². The fourth-order valence-corrected chi connectivity index (χ4v) is 4.78. The van der Waals surface area contributed by atoms with Crippen molar-refractivity contribution >= 4 is 17.6 Å². The van der Waals surface area contributed by atoms with Crippen LogP contribution in [-0.2, 0) is 4.74 Å². The predicted octanol–water partition coefficient (Wildman–Crippen LogP) is 3.47. The average Bonchev–Trinajstić information content (AvgIpc) is 3.23. The maximum absolute atomic E-state index is 12.2. The molecule has 0 spiro atoms. The van der Waals surface area contributed by atoms with Crippen molar-refractivity contribution in [2.24, 2.45) is 5.92 Å². The average molecular weight is 382 g/mol. The van der Waals surface area contributed by atoms with Crippen molar-refractivity contribution in [2.75, 3.05) is 5.32 Å². The van der Waals surface area contributed by atoms with Gasteiger partial charge in [-0.25, -0.2) is 4.79 Å². The first-order valence-electron chi connectivity index (χ1n) is 10.1. The van der Waals surface area contributed by atoms with Gasteiger partial charge in [-0.2, -0.15) is 15.3 Å². The Hall–Kier alpha value is -2.64. The minimum absolute atomic E-state index is 0.0219. The van der Waals surface area contributed by atoms with Gasteiger partial charge in [0, 0.05) is 23.2 Å². The van der Waals surface area contributed by atoms with Crippen molar-refractivity contribution in [3.63, 3.8) is 0 Å². The zero-order valence-corrected chi connectivity index (χ0v) is 16.3. The van der Waals surface area contributed by atoms with Crippen molar-refractivity contribution < 1.29 is 9.53 Å². The second kappa shape index (κ2) is 6.46. The second-order valence-electron chi connectivity index (χ2n) is 8.74. The highest BCUT2D eigenvalue weighted by Gasteiger charge is 2.57. The minimum Gasteiger partial charge on any atom is -0.446 e. The number of carbonyl (C=O) groups is 1. The number of nitrogens with one attached hydrogen (secondary N) is 3. The van der Waals surface area contributed by atoms with Crippen LogP contribution in [0.5, 0.6) is 0 Å². The Kier molecular flexibility index (Phi) is 4.03. The first kappa shape index (κ1) is 17.5. The first-order chi connectivity index (χ1) is 13.5. The highest BCUT2D eigenvalue weighted by Crippen LogP contribution is 2.57. The van der Waals surface area contributed by atoms with Crippen LogP contribution in [-0.4, -0.2) is 38.1 Å². The zero-order valence-electron chi connectivity index (χ0n) is 16.3. The third-order valence-electron chi connectivity index (χ3n) is 6.46. The van der Waals surface area contributed by atoms with E-state index in [0.29, 0.717) is 5.92 Å². The molecule has 4 aliphatic rings. The van der Waals surface area contributed by atoms with E-state index in [1.165, 1.54) is 0 Å². The molecule has 2 aromatic heterocycles. The van der Waals surface area contributed by atoms with Gasteiger partial charge in [0.15, 0.2) is 5.82 Å². The number of H-pyrrole nitrogens is 1. The van der Waals surface area contributed by atoms with Gasteiger partial charge < -0.3 is 15.4 Å². The van der Waals surface area contributed by atoms with Crippen molar-refractivity contribution in [3.05, 3.63) is 29.2 Å². The number of carbonyl (C=O) groups excluding carboxylic acids is 1. The van der Waals surface area contributed by atoms with E-state index in [1.807, 2.05) is 26.0 Å². The lowest BCUT2D eigenvalue weighted by Crippen LogP contribution is -2.68. The van der Waals surface area contributed by atoms with Gasteiger partial charge in [0.1, 0.15) is 6.10 Å². The van der Waals surface area contributed by atoms with Gasteiger partial charge in [-0.05, 0) is 64.4 Å². The third-order valence-corrected chi connectivity index (χ3v) is 6.46. The highest BCUT2D eigenvalue weighted by atomic mass is 16.6. The molecular formula is C20H26N6O2. The smallest absolute Gasteiger partial charge is 0.407 e. The number of hydrogen-bond acceptors (Lipinski definition) is 6. The Labute approximate surface area is 163 Å². The number of ether oxygens (including phenoxy) is 1. The number of anilines is 2. The standard InChI is InChI=1S/C20H26N6O2/c1-11-5-16(12(2)24-23-11)21-18-7-17(25-26-18)14-3-4-15(6-14)28-19(27)22-20-8-13(9-20)10-20/h5,7,13-15H,3-4,6,8-10H2,1-2H3,(H,22,27)(H2,21,23,25,26)/t13?,14-,15+,20?/m0/s1. The molecule has 0 saturated heterocycles. The number of rotatable bonds is 5. The molecule has 6 rings (SSSR count). The quantitative estimate of drug-likeness (QED) is 0.731. The summed E-state index contributed by atoms with van der Waals surface area (Å²) in [6, 6.07) is 3.99. The van der Waals surface area contributed by atoms with Crippen LogP contribution in [0.3, 0.4) is 0 Å². The Morgan fingerprint density at radius 2 is 2.04 bits per heavy atom. The third kappa shape index (κ3) is 3.21. The number of amides is 1. The molecule has 0 aliphatic heterocycles. The summed E-state index contributed by atoms with van der Waals surface area (Å²) in [5, 5.41) is 22.1. The number of aromatic amines is 1. The summed E-state index contributed by atoms with van der Waals surface area (Å²) in [4.78, 5) is 12.2. The summed E-state index contributed by atoms with van der Waals surface area (Å²) in [5.41, 5.74) is 3.74. The lowest BCUT2D eigenvalue weighted by Gasteiger charge is -2.61. The van der Waals surface area contributed by atoms with E-state index in [-0.39, 0.29) is 17.7 Å². The molecule has 28 heavy (non-hydrogen) atoms. The maximum atomic E-state index is 12.2. The van der Waals surface area contributed by atoms with Crippen LogP contribution in [0.2, 0.25) is 0 Å². The van der Waals surface area contributed by atoms with Crippen molar-refractivity contribution in [2.45, 2.75) is 69.9 Å². The summed E-state index contributed by atoms with van der Waals surface area (Å²) in [7, 11) is 0. The van der Waals surface area contributed by atoms with Gasteiger partial charge >= 0.3 is 6.09 Å². The molecule has 0 aromatic carbocycles. The van der Waals surface area contributed by atoms with Crippen molar-refractivity contribution in [3.8, 4) is 0 Å². The SMILES string of the molecule is Cc1cc(Nc2cc([C@H]3CC[C@@H](OC(=O)NC45CC(C4)C5)C3)[nH]n2)c(C)nn1. The molecule has 3 N–H and O–H groups in total. The minimum atomic E-state index is -0.244. The van der Waals surface area contributed by atoms with Crippen LogP contribution in [0.15, 0.2) is 12.1 Å². The molecule has 4 aliphatic carbocycles. The monoisotopic (exact) mass is 382 g/mol. The van der Waals surface area contributed by atoms with Gasteiger partial charge in [-0.15, -0.1) is 0 Å². The van der Waals surface area contributed by atoms with Crippen LogP contribution in [0.25, 0.3) is 0 Å². The maximum Gasteiger partial charge on any atom is 0.407 e. The van der Waals surface area contributed by atoms with Gasteiger partial charge in [0.2, 0.25) is 0 Å². The Morgan fingerprint density at radius 3 is 2.79 bits per heavy atom. The first-order valence-corrected chi connectivity index (χ1v) is 10.1. The molecule has 2 heterocycles. The predicted molar refractivity (Wildman–Crippen MR) is 103 cm³/mol. The summed E-state index contributed by atoms with van der Waals surface area (Å²) < 4.78 is 5.68. The normalized spacial score (nSPS) is 30.3. The molecule has 148 valence electrons. The zero-order chi connectivity index (χ0) is 19.3. The van der Waals surface area contributed by atoms with Crippen LogP contribution in [0.1, 0.15) is 61.5 Å². The molecule has 0 unspecified atom stereocenters. The Bertz CT molecular complexity index is 893. The van der Waals surface area contributed by atoms with E-state index >= 15 is 0 Å². The van der Waals surface area contributed by atoms with Gasteiger partial charge in [-0.1, -0.05) is 0 Å². The Morgan fingerprint density at radius 1 is 1.21 bits per heavy atom. The number of aromatic nitrogens is 4. The molecular weight excluding hydrogens is 356 g/mol. The highest BCUT2D eigenvalue weighted by molar-refractivity contribution is 5.69. The summed E-state index contributed by atoms with van der Waals surface area (Å²) in [6.07, 6.45) is 5.84. The molecule has 2 atom stereocenters. The lowest BCUT2D eigenvalue weighted by molar-refractivity contribution is -0.0506. The number of hydrogen-bond donors (Lipinski definition) is 3. The Balaban J connectivity index is 1.16. The number of nitrogens with zero attached hydrogens (tertiary/aromatic N) is 3. The van der Waals surface area contributed by atoms with E-state index in [4.69, 9.17) is 4.74 Å². The van der Waals surface area contributed by atoms with E-state index in [1.54, 1.807) is 0 Å². The number of aryl methyl sites for hydroxylation is 2. The van der Waals surface area contributed by atoms with Crippen LogP contribution in [0.4, 0.5) is 16.3 Å².